The molecule has 2 rings (SSSR count). The van der Waals surface area contributed by atoms with Crippen LogP contribution in [0.3, 0.4) is 0 Å². The summed E-state index contributed by atoms with van der Waals surface area (Å²) in [7, 11) is 0. The lowest BCUT2D eigenvalue weighted by Crippen LogP contribution is -2.16. The third kappa shape index (κ3) is 4.20. The molecular weight excluding hydrogens is 302 g/mol. The van der Waals surface area contributed by atoms with Crippen molar-refractivity contribution in [2.45, 2.75) is 11.7 Å². The fourth-order valence-electron chi connectivity index (χ4n) is 1.47. The van der Waals surface area contributed by atoms with Gasteiger partial charge >= 0.3 is 0 Å². The minimum Gasteiger partial charge on any atom is -0.329 e. The minimum absolute atomic E-state index is 0.0121. The first-order valence-electron chi connectivity index (χ1n) is 5.94. The zero-order valence-corrected chi connectivity index (χ0v) is 11.6. The second-order valence-corrected chi connectivity index (χ2v) is 4.88. The molecule has 0 spiro atoms. The van der Waals surface area contributed by atoms with Gasteiger partial charge in [0.1, 0.15) is 11.6 Å². The van der Waals surface area contributed by atoms with Crippen molar-refractivity contribution in [3.8, 4) is 0 Å². The van der Waals surface area contributed by atoms with Crippen molar-refractivity contribution >= 4 is 23.4 Å². The van der Waals surface area contributed by atoms with Crippen LogP contribution >= 0.6 is 11.8 Å². The number of carbonyl (C=O) groups excluding carboxylic acids is 1. The number of halogens is 2. The van der Waals surface area contributed by atoms with Crippen LogP contribution < -0.4 is 11.1 Å². The normalized spacial score (nSPS) is 10.6. The predicted molar refractivity (Wildman–Crippen MR) is 72.6 cm³/mol. The summed E-state index contributed by atoms with van der Waals surface area (Å²) < 4.78 is 27.6. The van der Waals surface area contributed by atoms with E-state index in [0.717, 1.165) is 23.9 Å². The largest absolute Gasteiger partial charge is 0.329 e. The van der Waals surface area contributed by atoms with Crippen molar-refractivity contribution in [2.24, 2.45) is 5.73 Å². The molecule has 0 bridgehead atoms. The topological polar surface area (TPSA) is 98.7 Å². The Morgan fingerprint density at radius 3 is 2.95 bits per heavy atom. The van der Waals surface area contributed by atoms with Gasteiger partial charge in [0.05, 0.1) is 18.0 Å². The molecule has 1 aromatic carbocycles. The van der Waals surface area contributed by atoms with Gasteiger partial charge < -0.3 is 11.1 Å². The summed E-state index contributed by atoms with van der Waals surface area (Å²) in [5.74, 6) is -2.00. The summed E-state index contributed by atoms with van der Waals surface area (Å²) in [5.41, 5.74) is 5.32. The van der Waals surface area contributed by atoms with Crippen molar-refractivity contribution in [1.29, 1.82) is 0 Å². The maximum Gasteiger partial charge on any atom is 0.234 e. The molecule has 0 aliphatic rings. The second-order valence-electron chi connectivity index (χ2n) is 3.93. The molecule has 0 aliphatic carbocycles. The fraction of sp³-hybridized carbons (Fsp3) is 0.273. The van der Waals surface area contributed by atoms with Crippen LogP contribution in [0.2, 0.25) is 0 Å². The van der Waals surface area contributed by atoms with Crippen LogP contribution in [0.4, 0.5) is 14.5 Å². The van der Waals surface area contributed by atoms with Gasteiger partial charge in [-0.05, 0) is 22.6 Å². The maximum absolute atomic E-state index is 13.4. The number of tetrazole rings is 1. The van der Waals surface area contributed by atoms with Crippen LogP contribution in [-0.2, 0) is 11.3 Å². The van der Waals surface area contributed by atoms with Crippen LogP contribution in [-0.4, -0.2) is 38.4 Å². The molecule has 1 aromatic heterocycles. The predicted octanol–water partition coefficient (Wildman–Crippen LogP) is 0.641. The SMILES string of the molecule is NCCn1nnnc1SCC(=O)Nc1ccc(F)cc1F. The van der Waals surface area contributed by atoms with E-state index in [0.29, 0.717) is 24.3 Å². The Morgan fingerprint density at radius 2 is 2.24 bits per heavy atom. The highest BCUT2D eigenvalue weighted by molar-refractivity contribution is 7.99. The van der Waals surface area contributed by atoms with Gasteiger partial charge in [-0.2, -0.15) is 0 Å². The van der Waals surface area contributed by atoms with E-state index >= 15 is 0 Å². The quantitative estimate of drug-likeness (QED) is 0.759. The Hall–Kier alpha value is -2.07. The molecule has 3 N–H and O–H groups in total. The van der Waals surface area contributed by atoms with Gasteiger partial charge in [0.2, 0.25) is 11.1 Å². The molecule has 0 aliphatic heterocycles. The minimum atomic E-state index is -0.832. The Bertz CT molecular complexity index is 635. The standard InChI is InChI=1S/C11H12F2N6OS/c12-7-1-2-9(8(13)5-7)15-10(20)6-21-11-16-17-18-19(11)4-3-14/h1-2,5H,3-4,6,14H2,(H,15,20). The lowest BCUT2D eigenvalue weighted by Gasteiger charge is -2.06. The number of carbonyl (C=O) groups is 1. The van der Waals surface area contributed by atoms with Crippen molar-refractivity contribution in [3.63, 3.8) is 0 Å². The Balaban J connectivity index is 1.91. The average molecular weight is 314 g/mol. The number of nitrogens with one attached hydrogen (secondary N) is 1. The van der Waals surface area contributed by atoms with Crippen LogP contribution in [0.5, 0.6) is 0 Å². The highest BCUT2D eigenvalue weighted by Gasteiger charge is 2.11. The Kier molecular flexibility index (Phi) is 5.17. The van der Waals surface area contributed by atoms with Gasteiger partial charge in [0.25, 0.3) is 0 Å². The number of benzene rings is 1. The smallest absolute Gasteiger partial charge is 0.234 e. The molecule has 0 fully saturated rings. The molecule has 112 valence electrons. The fourth-order valence-corrected chi connectivity index (χ4v) is 2.17. The summed E-state index contributed by atoms with van der Waals surface area (Å²) in [4.78, 5) is 11.7. The Labute approximate surface area is 122 Å². The molecule has 0 radical (unpaired) electrons. The zero-order valence-electron chi connectivity index (χ0n) is 10.8. The maximum atomic E-state index is 13.4. The van der Waals surface area contributed by atoms with Gasteiger partial charge in [-0.1, -0.05) is 11.8 Å². The molecule has 1 amide bonds. The van der Waals surface area contributed by atoms with Gasteiger partial charge in [0.15, 0.2) is 0 Å². The van der Waals surface area contributed by atoms with Gasteiger partial charge in [-0.3, -0.25) is 4.79 Å². The van der Waals surface area contributed by atoms with E-state index in [1.54, 1.807) is 0 Å². The van der Waals surface area contributed by atoms with Crippen LogP contribution in [0.15, 0.2) is 23.4 Å². The number of aromatic nitrogens is 4. The molecular formula is C11H12F2N6OS. The molecule has 21 heavy (non-hydrogen) atoms. The highest BCUT2D eigenvalue weighted by Crippen LogP contribution is 2.17. The van der Waals surface area contributed by atoms with Gasteiger partial charge in [-0.15, -0.1) is 5.10 Å². The number of amides is 1. The van der Waals surface area contributed by atoms with Crippen molar-refractivity contribution in [2.75, 3.05) is 17.6 Å². The number of rotatable bonds is 6. The van der Waals surface area contributed by atoms with Gasteiger partial charge in [0, 0.05) is 12.6 Å². The number of nitrogens with two attached hydrogens (primary N) is 1. The third-order valence-corrected chi connectivity index (χ3v) is 3.33. The summed E-state index contributed by atoms with van der Waals surface area (Å²) in [6, 6.07) is 2.92. The number of nitrogens with zero attached hydrogens (tertiary/aromatic N) is 4. The van der Waals surface area contributed by atoms with Crippen LogP contribution in [0, 0.1) is 11.6 Å². The molecule has 2 aromatic rings. The molecule has 7 nitrogen and oxygen atoms in total. The first-order chi connectivity index (χ1) is 10.1. The van der Waals surface area contributed by atoms with E-state index in [-0.39, 0.29) is 11.4 Å². The molecule has 0 atom stereocenters. The zero-order chi connectivity index (χ0) is 15.2. The van der Waals surface area contributed by atoms with E-state index in [9.17, 15) is 13.6 Å². The van der Waals surface area contributed by atoms with E-state index in [2.05, 4.69) is 20.8 Å². The van der Waals surface area contributed by atoms with E-state index in [1.807, 2.05) is 0 Å². The van der Waals surface area contributed by atoms with E-state index in [1.165, 1.54) is 4.68 Å². The summed E-state index contributed by atoms with van der Waals surface area (Å²) >= 11 is 1.09. The molecule has 1 heterocycles. The number of hydrogen-bond acceptors (Lipinski definition) is 6. The van der Waals surface area contributed by atoms with Crippen LogP contribution in [0.25, 0.3) is 0 Å². The molecule has 0 unspecified atom stereocenters. The lowest BCUT2D eigenvalue weighted by molar-refractivity contribution is -0.113. The summed E-state index contributed by atoms with van der Waals surface area (Å²) in [6.07, 6.45) is 0. The number of hydrogen-bond donors (Lipinski definition) is 2. The monoisotopic (exact) mass is 314 g/mol. The molecule has 0 saturated heterocycles. The third-order valence-electron chi connectivity index (χ3n) is 2.38. The first kappa shape index (κ1) is 15.3. The lowest BCUT2D eigenvalue weighted by atomic mass is 10.3. The molecule has 0 saturated carbocycles. The Morgan fingerprint density at radius 1 is 1.43 bits per heavy atom. The summed E-state index contributed by atoms with van der Waals surface area (Å²) in [6.45, 7) is 0.801. The molecule has 10 heteroatoms. The van der Waals surface area contributed by atoms with E-state index < -0.39 is 17.5 Å². The van der Waals surface area contributed by atoms with Gasteiger partial charge in [-0.25, -0.2) is 13.5 Å². The summed E-state index contributed by atoms with van der Waals surface area (Å²) in [5, 5.41) is 13.7. The van der Waals surface area contributed by atoms with Crippen molar-refractivity contribution < 1.29 is 13.6 Å². The highest BCUT2D eigenvalue weighted by atomic mass is 32.2. The van der Waals surface area contributed by atoms with Crippen LogP contribution in [0.1, 0.15) is 0 Å². The number of anilines is 1. The van der Waals surface area contributed by atoms with Crippen molar-refractivity contribution in [1.82, 2.24) is 20.2 Å². The number of thioether (sulfide) groups is 1. The second kappa shape index (κ2) is 7.09. The van der Waals surface area contributed by atoms with Crippen molar-refractivity contribution in [3.05, 3.63) is 29.8 Å². The van der Waals surface area contributed by atoms with E-state index in [4.69, 9.17) is 5.73 Å². The first-order valence-corrected chi connectivity index (χ1v) is 6.92. The average Bonchev–Trinajstić information content (AvgIpc) is 2.88.